The zero-order valence-corrected chi connectivity index (χ0v) is 13.5. The fraction of sp³-hybridized carbons (Fsp3) is 0.0952. The Morgan fingerprint density at radius 2 is 1.40 bits per heavy atom. The van der Waals surface area contributed by atoms with Crippen LogP contribution in [-0.2, 0) is 4.79 Å². The summed E-state index contributed by atoms with van der Waals surface area (Å²) < 4.78 is 26.7. The first-order chi connectivity index (χ1) is 12.1. The SMILES string of the molecule is O=C(CC(c1ccccc1)c1ccccc1)Nc1ccc(F)cc1F. The van der Waals surface area contributed by atoms with E-state index >= 15 is 0 Å². The molecule has 0 spiro atoms. The minimum atomic E-state index is -0.788. The predicted molar refractivity (Wildman–Crippen MR) is 94.3 cm³/mol. The van der Waals surface area contributed by atoms with E-state index < -0.39 is 11.6 Å². The van der Waals surface area contributed by atoms with E-state index in [-0.39, 0.29) is 23.9 Å². The Balaban J connectivity index is 1.82. The van der Waals surface area contributed by atoms with Gasteiger partial charge in [-0.05, 0) is 23.3 Å². The lowest BCUT2D eigenvalue weighted by molar-refractivity contribution is -0.116. The first kappa shape index (κ1) is 16.8. The number of benzene rings is 3. The molecule has 0 saturated carbocycles. The van der Waals surface area contributed by atoms with Crippen molar-refractivity contribution in [2.45, 2.75) is 12.3 Å². The quantitative estimate of drug-likeness (QED) is 0.687. The Hall–Kier alpha value is -3.01. The van der Waals surface area contributed by atoms with Crippen LogP contribution in [0.2, 0.25) is 0 Å². The van der Waals surface area contributed by atoms with Crippen molar-refractivity contribution in [2.75, 3.05) is 5.32 Å². The molecule has 2 nitrogen and oxygen atoms in total. The van der Waals surface area contributed by atoms with Crippen LogP contribution in [0.1, 0.15) is 23.5 Å². The molecule has 3 rings (SSSR count). The lowest BCUT2D eigenvalue weighted by atomic mass is 9.88. The number of anilines is 1. The van der Waals surface area contributed by atoms with Crippen LogP contribution in [0.15, 0.2) is 78.9 Å². The second-order valence-electron chi connectivity index (χ2n) is 5.75. The lowest BCUT2D eigenvalue weighted by Crippen LogP contribution is -2.17. The number of carbonyl (C=O) groups is 1. The molecule has 0 saturated heterocycles. The zero-order valence-electron chi connectivity index (χ0n) is 13.5. The molecule has 1 amide bonds. The highest BCUT2D eigenvalue weighted by Gasteiger charge is 2.19. The molecule has 0 aliphatic rings. The third kappa shape index (κ3) is 4.29. The smallest absolute Gasteiger partial charge is 0.225 e. The Bertz CT molecular complexity index is 811. The molecule has 0 fully saturated rings. The summed E-state index contributed by atoms with van der Waals surface area (Å²) in [5, 5.41) is 2.53. The van der Waals surface area contributed by atoms with Crippen molar-refractivity contribution in [1.29, 1.82) is 0 Å². The summed E-state index contributed by atoms with van der Waals surface area (Å²) >= 11 is 0. The van der Waals surface area contributed by atoms with Gasteiger partial charge in [0.1, 0.15) is 11.6 Å². The molecule has 0 aromatic heterocycles. The van der Waals surface area contributed by atoms with Gasteiger partial charge in [0.05, 0.1) is 5.69 Å². The largest absolute Gasteiger partial charge is 0.324 e. The Morgan fingerprint density at radius 1 is 0.840 bits per heavy atom. The van der Waals surface area contributed by atoms with Crippen molar-refractivity contribution in [3.8, 4) is 0 Å². The molecule has 4 heteroatoms. The number of rotatable bonds is 5. The second kappa shape index (κ2) is 7.71. The molecule has 3 aromatic carbocycles. The van der Waals surface area contributed by atoms with Gasteiger partial charge in [0, 0.05) is 18.4 Å². The van der Waals surface area contributed by atoms with E-state index in [1.807, 2.05) is 60.7 Å². The molecule has 0 radical (unpaired) electrons. The first-order valence-electron chi connectivity index (χ1n) is 7.98. The summed E-state index contributed by atoms with van der Waals surface area (Å²) in [6.07, 6.45) is 0.158. The molecule has 126 valence electrons. The van der Waals surface area contributed by atoms with E-state index in [0.29, 0.717) is 0 Å². The summed E-state index contributed by atoms with van der Waals surface area (Å²) in [6, 6.07) is 22.4. The number of carbonyl (C=O) groups excluding carboxylic acids is 1. The van der Waals surface area contributed by atoms with Gasteiger partial charge >= 0.3 is 0 Å². The van der Waals surface area contributed by atoms with E-state index in [0.717, 1.165) is 23.3 Å². The zero-order chi connectivity index (χ0) is 17.6. The van der Waals surface area contributed by atoms with Crippen molar-refractivity contribution in [1.82, 2.24) is 0 Å². The van der Waals surface area contributed by atoms with E-state index in [4.69, 9.17) is 0 Å². The fourth-order valence-electron chi connectivity index (χ4n) is 2.78. The summed E-state index contributed by atoms with van der Waals surface area (Å²) in [5.41, 5.74) is 1.98. The van der Waals surface area contributed by atoms with Gasteiger partial charge in [-0.1, -0.05) is 60.7 Å². The van der Waals surface area contributed by atoms with Crippen LogP contribution in [-0.4, -0.2) is 5.91 Å². The van der Waals surface area contributed by atoms with Crippen LogP contribution in [0, 0.1) is 11.6 Å². The summed E-state index contributed by atoms with van der Waals surface area (Å²) in [7, 11) is 0. The Kier molecular flexibility index (Phi) is 5.19. The van der Waals surface area contributed by atoms with Crippen LogP contribution in [0.25, 0.3) is 0 Å². The van der Waals surface area contributed by atoms with Gasteiger partial charge in [0.2, 0.25) is 5.91 Å². The van der Waals surface area contributed by atoms with Crippen molar-refractivity contribution < 1.29 is 13.6 Å². The van der Waals surface area contributed by atoms with Gasteiger partial charge in [-0.15, -0.1) is 0 Å². The maximum absolute atomic E-state index is 13.7. The molecule has 0 aliphatic carbocycles. The van der Waals surface area contributed by atoms with Crippen molar-refractivity contribution in [2.24, 2.45) is 0 Å². The minimum absolute atomic E-state index is 0.0220. The van der Waals surface area contributed by atoms with E-state index in [9.17, 15) is 13.6 Å². The molecule has 0 bridgehead atoms. The topological polar surface area (TPSA) is 29.1 Å². The maximum Gasteiger partial charge on any atom is 0.225 e. The van der Waals surface area contributed by atoms with Gasteiger partial charge < -0.3 is 5.32 Å². The van der Waals surface area contributed by atoms with Crippen LogP contribution < -0.4 is 5.32 Å². The van der Waals surface area contributed by atoms with E-state index in [2.05, 4.69) is 5.32 Å². The van der Waals surface area contributed by atoms with E-state index in [1.165, 1.54) is 6.07 Å². The third-order valence-electron chi connectivity index (χ3n) is 4.00. The number of hydrogen-bond donors (Lipinski definition) is 1. The highest BCUT2D eigenvalue weighted by Crippen LogP contribution is 2.28. The van der Waals surface area contributed by atoms with Crippen LogP contribution in [0.5, 0.6) is 0 Å². The Labute approximate surface area is 145 Å². The molecule has 0 heterocycles. The average Bonchev–Trinajstić information content (AvgIpc) is 2.63. The molecule has 0 aliphatic heterocycles. The van der Waals surface area contributed by atoms with Gasteiger partial charge in [0.15, 0.2) is 0 Å². The van der Waals surface area contributed by atoms with Crippen LogP contribution >= 0.6 is 0 Å². The predicted octanol–water partition coefficient (Wildman–Crippen LogP) is 5.13. The maximum atomic E-state index is 13.7. The molecule has 3 aromatic rings. The van der Waals surface area contributed by atoms with Gasteiger partial charge in [0.25, 0.3) is 0 Å². The monoisotopic (exact) mass is 337 g/mol. The standard InChI is InChI=1S/C21H17F2NO/c22-17-11-12-20(19(23)13-17)24-21(25)14-18(15-7-3-1-4-8-15)16-9-5-2-6-10-16/h1-13,18H,14H2,(H,24,25). The van der Waals surface area contributed by atoms with Gasteiger partial charge in [-0.25, -0.2) is 8.78 Å². The minimum Gasteiger partial charge on any atom is -0.324 e. The van der Waals surface area contributed by atoms with Gasteiger partial charge in [-0.3, -0.25) is 4.79 Å². The molecule has 25 heavy (non-hydrogen) atoms. The van der Waals surface area contributed by atoms with Gasteiger partial charge in [-0.2, -0.15) is 0 Å². The second-order valence-corrected chi connectivity index (χ2v) is 5.75. The van der Waals surface area contributed by atoms with Crippen LogP contribution in [0.3, 0.4) is 0 Å². The van der Waals surface area contributed by atoms with Crippen molar-refractivity contribution >= 4 is 11.6 Å². The van der Waals surface area contributed by atoms with Crippen molar-refractivity contribution in [3.05, 3.63) is 102 Å². The van der Waals surface area contributed by atoms with E-state index in [1.54, 1.807) is 0 Å². The first-order valence-corrected chi connectivity index (χ1v) is 7.98. The number of hydrogen-bond acceptors (Lipinski definition) is 1. The third-order valence-corrected chi connectivity index (χ3v) is 4.00. The number of halogens is 2. The number of nitrogens with one attached hydrogen (secondary N) is 1. The summed E-state index contributed by atoms with van der Waals surface area (Å²) in [6.45, 7) is 0. The molecule has 1 N–H and O–H groups in total. The summed E-state index contributed by atoms with van der Waals surface area (Å²) in [4.78, 5) is 12.4. The van der Waals surface area contributed by atoms with Crippen LogP contribution in [0.4, 0.5) is 14.5 Å². The Morgan fingerprint density at radius 3 is 1.92 bits per heavy atom. The molecular weight excluding hydrogens is 320 g/mol. The molecule has 0 atom stereocenters. The number of amides is 1. The normalized spacial score (nSPS) is 10.7. The molecule has 0 unspecified atom stereocenters. The fourth-order valence-corrected chi connectivity index (χ4v) is 2.78. The highest BCUT2D eigenvalue weighted by atomic mass is 19.1. The molecular formula is C21H17F2NO. The average molecular weight is 337 g/mol. The summed E-state index contributed by atoms with van der Waals surface area (Å²) in [5.74, 6) is -1.94. The lowest BCUT2D eigenvalue weighted by Gasteiger charge is -2.18. The van der Waals surface area contributed by atoms with Crippen molar-refractivity contribution in [3.63, 3.8) is 0 Å². The highest BCUT2D eigenvalue weighted by molar-refractivity contribution is 5.91.